The van der Waals surface area contributed by atoms with Crippen LogP contribution in [-0.4, -0.2) is 65.3 Å². The Kier molecular flexibility index (Phi) is 6.19. The number of anilines is 1. The predicted octanol–water partition coefficient (Wildman–Crippen LogP) is 3.76. The number of rotatable bonds is 4. The first-order valence-electron chi connectivity index (χ1n) is 12.0. The number of halogens is 1. The van der Waals surface area contributed by atoms with Gasteiger partial charge in [-0.25, -0.2) is 14.4 Å². The molecule has 3 aliphatic rings. The number of hydrogen-bond donors (Lipinski definition) is 0. The zero-order valence-electron chi connectivity index (χ0n) is 19.1. The number of aryl methyl sites for hydroxylation is 1. The number of carbonyl (C=O) groups is 1. The molecule has 33 heavy (non-hydrogen) atoms. The molecular weight excluding hydrogens is 423 g/mol. The summed E-state index contributed by atoms with van der Waals surface area (Å²) in [7, 11) is 0. The zero-order chi connectivity index (χ0) is 22.8. The number of nitrogens with zero attached hydrogens (tertiary/aromatic N) is 4. The van der Waals surface area contributed by atoms with Crippen LogP contribution in [0.25, 0.3) is 0 Å². The SMILES string of the molecule is Cc1cc(C(=O)N2CCC3(CC2)CC(Oc2ccccc2F)CO3)nc(N2CCCCC2)n1. The molecule has 0 saturated carbocycles. The van der Waals surface area contributed by atoms with Gasteiger partial charge < -0.3 is 19.3 Å². The first-order chi connectivity index (χ1) is 16.0. The summed E-state index contributed by atoms with van der Waals surface area (Å²) in [6.45, 7) is 5.44. The van der Waals surface area contributed by atoms with Crippen LogP contribution in [0.4, 0.5) is 10.3 Å². The number of aromatic nitrogens is 2. The van der Waals surface area contributed by atoms with E-state index < -0.39 is 0 Å². The zero-order valence-corrected chi connectivity index (χ0v) is 19.1. The van der Waals surface area contributed by atoms with Crippen molar-refractivity contribution in [3.8, 4) is 5.75 Å². The second kappa shape index (κ2) is 9.25. The van der Waals surface area contributed by atoms with E-state index in [4.69, 9.17) is 9.47 Å². The topological polar surface area (TPSA) is 67.8 Å². The van der Waals surface area contributed by atoms with Gasteiger partial charge in [0.25, 0.3) is 5.91 Å². The molecule has 3 saturated heterocycles. The van der Waals surface area contributed by atoms with Crippen molar-refractivity contribution in [2.24, 2.45) is 0 Å². The van der Waals surface area contributed by atoms with Crippen LogP contribution in [-0.2, 0) is 4.74 Å². The van der Waals surface area contributed by atoms with E-state index in [1.807, 2.05) is 11.8 Å². The van der Waals surface area contributed by atoms with Crippen molar-refractivity contribution in [2.75, 3.05) is 37.7 Å². The lowest BCUT2D eigenvalue weighted by Crippen LogP contribution is -2.47. The average molecular weight is 455 g/mol. The molecule has 8 heteroatoms. The van der Waals surface area contributed by atoms with Crippen LogP contribution in [0.3, 0.4) is 0 Å². The third-order valence-corrected chi connectivity index (χ3v) is 6.97. The van der Waals surface area contributed by atoms with Crippen molar-refractivity contribution in [1.82, 2.24) is 14.9 Å². The minimum absolute atomic E-state index is 0.0502. The molecule has 1 unspecified atom stereocenters. The number of piperidine rings is 2. The van der Waals surface area contributed by atoms with E-state index >= 15 is 0 Å². The Labute approximate surface area is 193 Å². The van der Waals surface area contributed by atoms with Crippen molar-refractivity contribution >= 4 is 11.9 Å². The number of ether oxygens (including phenoxy) is 2. The number of hydrogen-bond acceptors (Lipinski definition) is 6. The normalized spacial score (nSPS) is 22.5. The van der Waals surface area contributed by atoms with Crippen molar-refractivity contribution in [2.45, 2.75) is 57.2 Å². The second-order valence-corrected chi connectivity index (χ2v) is 9.40. The van der Waals surface area contributed by atoms with E-state index in [0.29, 0.717) is 37.8 Å². The Hall–Kier alpha value is -2.74. The van der Waals surface area contributed by atoms with Gasteiger partial charge in [0.1, 0.15) is 11.8 Å². The van der Waals surface area contributed by atoms with Gasteiger partial charge >= 0.3 is 0 Å². The maximum absolute atomic E-state index is 13.9. The molecule has 1 spiro atoms. The fourth-order valence-electron chi connectivity index (χ4n) is 5.12. The Morgan fingerprint density at radius 2 is 1.88 bits per heavy atom. The van der Waals surface area contributed by atoms with Crippen molar-refractivity contribution < 1.29 is 18.7 Å². The average Bonchev–Trinajstić information content (AvgIpc) is 3.22. The van der Waals surface area contributed by atoms with Crippen molar-refractivity contribution in [3.63, 3.8) is 0 Å². The van der Waals surface area contributed by atoms with Crippen LogP contribution in [0.2, 0.25) is 0 Å². The number of amides is 1. The van der Waals surface area contributed by atoms with Gasteiger partial charge in [-0.05, 0) is 57.2 Å². The summed E-state index contributed by atoms with van der Waals surface area (Å²) in [6.07, 6.45) is 5.50. The molecule has 3 aliphatic heterocycles. The first-order valence-corrected chi connectivity index (χ1v) is 12.0. The monoisotopic (exact) mass is 454 g/mol. The summed E-state index contributed by atoms with van der Waals surface area (Å²) in [6, 6.07) is 8.24. The molecule has 1 amide bonds. The molecule has 4 heterocycles. The third kappa shape index (κ3) is 4.81. The first kappa shape index (κ1) is 22.1. The van der Waals surface area contributed by atoms with E-state index in [1.54, 1.807) is 24.3 Å². The molecule has 1 aromatic heterocycles. The molecule has 2 aromatic rings. The van der Waals surface area contributed by atoms with Crippen molar-refractivity contribution in [1.29, 1.82) is 0 Å². The summed E-state index contributed by atoms with van der Waals surface area (Å²) in [5.41, 5.74) is 0.967. The minimum Gasteiger partial charge on any atom is -0.485 e. The highest BCUT2D eigenvalue weighted by Gasteiger charge is 2.44. The number of carbonyl (C=O) groups excluding carboxylic acids is 1. The summed E-state index contributed by atoms with van der Waals surface area (Å²) >= 11 is 0. The van der Waals surface area contributed by atoms with E-state index in [2.05, 4.69) is 14.9 Å². The van der Waals surface area contributed by atoms with Gasteiger partial charge in [-0.1, -0.05) is 12.1 Å². The smallest absolute Gasteiger partial charge is 0.272 e. The Morgan fingerprint density at radius 3 is 2.64 bits per heavy atom. The molecular formula is C25H31FN4O3. The highest BCUT2D eigenvalue weighted by atomic mass is 19.1. The summed E-state index contributed by atoms with van der Waals surface area (Å²) in [5.74, 6) is 0.520. The lowest BCUT2D eigenvalue weighted by Gasteiger charge is -2.38. The molecule has 176 valence electrons. The molecule has 0 N–H and O–H groups in total. The highest BCUT2D eigenvalue weighted by molar-refractivity contribution is 5.92. The Morgan fingerprint density at radius 1 is 1.12 bits per heavy atom. The lowest BCUT2D eigenvalue weighted by atomic mass is 9.88. The molecule has 5 rings (SSSR count). The van der Waals surface area contributed by atoms with Crippen molar-refractivity contribution in [3.05, 3.63) is 47.5 Å². The largest absolute Gasteiger partial charge is 0.485 e. The molecule has 1 aromatic carbocycles. The predicted molar refractivity (Wildman–Crippen MR) is 122 cm³/mol. The number of likely N-dealkylation sites (tertiary alicyclic amines) is 1. The van der Waals surface area contributed by atoms with Crippen LogP contribution in [0, 0.1) is 12.7 Å². The Bertz CT molecular complexity index is 1000. The van der Waals surface area contributed by atoms with Gasteiger partial charge in [0.15, 0.2) is 11.6 Å². The molecule has 0 radical (unpaired) electrons. The van der Waals surface area contributed by atoms with Gasteiger partial charge in [-0.3, -0.25) is 4.79 Å². The molecule has 3 fully saturated rings. The Balaban J connectivity index is 1.20. The van der Waals surface area contributed by atoms with Gasteiger partial charge in [0.2, 0.25) is 5.95 Å². The van der Waals surface area contributed by atoms with Crippen LogP contribution >= 0.6 is 0 Å². The van der Waals surface area contributed by atoms with E-state index in [0.717, 1.165) is 44.5 Å². The maximum atomic E-state index is 13.9. The van der Waals surface area contributed by atoms with Gasteiger partial charge in [0, 0.05) is 38.3 Å². The van der Waals surface area contributed by atoms with Gasteiger partial charge in [0.05, 0.1) is 12.2 Å². The third-order valence-electron chi connectivity index (χ3n) is 6.97. The van der Waals surface area contributed by atoms with Crippen LogP contribution in [0.5, 0.6) is 5.75 Å². The second-order valence-electron chi connectivity index (χ2n) is 9.40. The quantitative estimate of drug-likeness (QED) is 0.701. The summed E-state index contributed by atoms with van der Waals surface area (Å²) in [4.78, 5) is 26.5. The molecule has 1 atom stereocenters. The van der Waals surface area contributed by atoms with Crippen LogP contribution in [0.1, 0.15) is 54.7 Å². The standard InChI is InChI=1S/C25H31FN4O3/c1-18-15-21(28-24(27-18)30-11-5-2-6-12-30)23(31)29-13-9-25(10-14-29)16-19(17-32-25)33-22-8-4-3-7-20(22)26/h3-4,7-8,15,19H,2,5-6,9-14,16-17H2,1H3. The van der Waals surface area contributed by atoms with Gasteiger partial charge in [-0.2, -0.15) is 0 Å². The number of benzene rings is 1. The van der Waals surface area contributed by atoms with Gasteiger partial charge in [-0.15, -0.1) is 0 Å². The van der Waals surface area contributed by atoms with E-state index in [-0.39, 0.29) is 29.2 Å². The molecule has 7 nitrogen and oxygen atoms in total. The highest BCUT2D eigenvalue weighted by Crippen LogP contribution is 2.38. The fourth-order valence-corrected chi connectivity index (χ4v) is 5.12. The molecule has 0 aliphatic carbocycles. The fraction of sp³-hybridized carbons (Fsp3) is 0.560. The number of para-hydroxylation sites is 1. The van der Waals surface area contributed by atoms with Crippen LogP contribution < -0.4 is 9.64 Å². The molecule has 0 bridgehead atoms. The van der Waals surface area contributed by atoms with E-state index in [1.165, 1.54) is 12.5 Å². The lowest BCUT2D eigenvalue weighted by molar-refractivity contribution is -0.0396. The van der Waals surface area contributed by atoms with E-state index in [9.17, 15) is 9.18 Å². The summed E-state index contributed by atoms with van der Waals surface area (Å²) < 4.78 is 25.9. The summed E-state index contributed by atoms with van der Waals surface area (Å²) in [5, 5.41) is 0. The van der Waals surface area contributed by atoms with Crippen LogP contribution in [0.15, 0.2) is 30.3 Å². The maximum Gasteiger partial charge on any atom is 0.272 e. The minimum atomic E-state index is -0.358.